The molecule has 3 rings (SSSR count). The summed E-state index contributed by atoms with van der Waals surface area (Å²) >= 11 is 0. The van der Waals surface area contributed by atoms with Crippen molar-refractivity contribution >= 4 is 18.0 Å². The lowest BCUT2D eigenvalue weighted by molar-refractivity contribution is -0.140. The van der Waals surface area contributed by atoms with Crippen molar-refractivity contribution in [1.82, 2.24) is 10.6 Å². The Morgan fingerprint density at radius 1 is 1.00 bits per heavy atom. The lowest BCUT2D eigenvalue weighted by atomic mass is 9.86. The molecule has 3 N–H and O–H groups in total. The monoisotopic (exact) mass is 468 g/mol. The minimum atomic E-state index is -1.02. The summed E-state index contributed by atoms with van der Waals surface area (Å²) < 4.78 is 10.7. The molecule has 0 bridgehead atoms. The Hall–Kier alpha value is -3.39. The van der Waals surface area contributed by atoms with E-state index in [0.717, 1.165) is 22.3 Å². The maximum absolute atomic E-state index is 12.8. The molecule has 0 saturated heterocycles. The number of carboxylic acids is 1. The highest BCUT2D eigenvalue weighted by molar-refractivity contribution is 5.86. The van der Waals surface area contributed by atoms with Gasteiger partial charge in [-0.05, 0) is 27.7 Å². The molecule has 2 amide bonds. The molecule has 1 unspecified atom stereocenters. The normalized spacial score (nSPS) is 14.5. The zero-order valence-corrected chi connectivity index (χ0v) is 20.0. The van der Waals surface area contributed by atoms with Gasteiger partial charge < -0.3 is 25.2 Å². The molecule has 2 aromatic carbocycles. The smallest absolute Gasteiger partial charge is 0.407 e. The van der Waals surface area contributed by atoms with Gasteiger partial charge in [-0.15, -0.1) is 0 Å². The number of carboxylic acid groups (broad SMARTS) is 1. The fourth-order valence-electron chi connectivity index (χ4n) is 4.18. The molecule has 1 aliphatic rings. The number of fused-ring (bicyclic) bond motifs is 3. The fourth-order valence-corrected chi connectivity index (χ4v) is 4.18. The van der Waals surface area contributed by atoms with Crippen molar-refractivity contribution in [2.45, 2.75) is 45.3 Å². The molecule has 1 aliphatic carbocycles. The predicted molar refractivity (Wildman–Crippen MR) is 128 cm³/mol. The molecule has 182 valence electrons. The zero-order valence-electron chi connectivity index (χ0n) is 20.0. The second-order valence-electron chi connectivity index (χ2n) is 9.47. The van der Waals surface area contributed by atoms with E-state index in [9.17, 15) is 14.4 Å². The average Bonchev–Trinajstić information content (AvgIpc) is 3.11. The maximum Gasteiger partial charge on any atom is 0.407 e. The molecule has 0 heterocycles. The number of nitrogens with one attached hydrogen (secondary N) is 2. The molecule has 0 spiro atoms. The van der Waals surface area contributed by atoms with Gasteiger partial charge in [-0.3, -0.25) is 9.59 Å². The van der Waals surface area contributed by atoms with Gasteiger partial charge in [0, 0.05) is 19.6 Å². The topological polar surface area (TPSA) is 114 Å². The minimum Gasteiger partial charge on any atom is -0.481 e. The summed E-state index contributed by atoms with van der Waals surface area (Å²) in [5.41, 5.74) is 3.86. The number of aliphatic carboxylic acids is 1. The van der Waals surface area contributed by atoms with Gasteiger partial charge in [-0.2, -0.15) is 0 Å². The van der Waals surface area contributed by atoms with E-state index >= 15 is 0 Å². The Kier molecular flexibility index (Phi) is 7.94. The molecule has 0 aliphatic heterocycles. The van der Waals surface area contributed by atoms with E-state index in [1.165, 1.54) is 7.11 Å². The van der Waals surface area contributed by atoms with Crippen LogP contribution in [-0.4, -0.2) is 55.5 Å². The fraction of sp³-hybridized carbons (Fsp3) is 0.423. The number of methoxy groups -OCH3 is 1. The summed E-state index contributed by atoms with van der Waals surface area (Å²) in [5.74, 6) is -1.54. The lowest BCUT2D eigenvalue weighted by Gasteiger charge is -2.30. The van der Waals surface area contributed by atoms with E-state index < -0.39 is 35.5 Å². The van der Waals surface area contributed by atoms with Crippen molar-refractivity contribution in [3.05, 3.63) is 59.7 Å². The number of amides is 2. The summed E-state index contributed by atoms with van der Waals surface area (Å²) in [6.07, 6.45) is -1.60. The molecule has 34 heavy (non-hydrogen) atoms. The van der Waals surface area contributed by atoms with Crippen molar-refractivity contribution < 1.29 is 29.0 Å². The highest BCUT2D eigenvalue weighted by atomic mass is 16.5. The standard InChI is InChI=1S/C26H32N2O6/c1-26(2,3)23(24(31)27-14-16(33-4)13-22(29)30)28-25(32)34-15-21-19-11-7-5-9-17(19)18-10-6-8-12-20(18)21/h5-12,16,21,23H,13-15H2,1-4H3,(H,27,31)(H,28,32)(H,29,30)/t16?,23-/m0/s1. The number of carbonyl (C=O) groups is 3. The second-order valence-corrected chi connectivity index (χ2v) is 9.47. The first-order valence-electron chi connectivity index (χ1n) is 11.3. The van der Waals surface area contributed by atoms with Crippen LogP contribution in [0.15, 0.2) is 48.5 Å². The van der Waals surface area contributed by atoms with Crippen molar-refractivity contribution in [1.29, 1.82) is 0 Å². The quantitative estimate of drug-likeness (QED) is 0.519. The number of ether oxygens (including phenoxy) is 2. The molecule has 0 aromatic heterocycles. The van der Waals surface area contributed by atoms with Gasteiger partial charge in [-0.25, -0.2) is 4.79 Å². The van der Waals surface area contributed by atoms with E-state index in [2.05, 4.69) is 22.8 Å². The first-order chi connectivity index (χ1) is 16.1. The Morgan fingerprint density at radius 2 is 1.56 bits per heavy atom. The van der Waals surface area contributed by atoms with Crippen molar-refractivity contribution in [2.24, 2.45) is 5.41 Å². The SMILES string of the molecule is COC(CNC(=O)[C@H](NC(=O)OCC1c2ccccc2-c2ccccc21)C(C)(C)C)CC(=O)O. The first-order valence-corrected chi connectivity index (χ1v) is 11.3. The molecule has 2 aromatic rings. The van der Waals surface area contributed by atoms with Crippen LogP contribution in [0.4, 0.5) is 4.79 Å². The summed E-state index contributed by atoms with van der Waals surface area (Å²) in [6, 6.07) is 15.2. The summed E-state index contributed by atoms with van der Waals surface area (Å²) in [7, 11) is 1.38. The van der Waals surface area contributed by atoms with Crippen LogP contribution in [0.5, 0.6) is 0 Å². The van der Waals surface area contributed by atoms with E-state index in [4.69, 9.17) is 14.6 Å². The molecule has 0 saturated carbocycles. The highest BCUT2D eigenvalue weighted by Crippen LogP contribution is 2.44. The van der Waals surface area contributed by atoms with Crippen molar-refractivity contribution in [2.75, 3.05) is 20.3 Å². The highest BCUT2D eigenvalue weighted by Gasteiger charge is 2.34. The molecule has 2 atom stereocenters. The van der Waals surface area contributed by atoms with E-state index in [0.29, 0.717) is 0 Å². The molecular weight excluding hydrogens is 436 g/mol. The van der Waals surface area contributed by atoms with E-state index in [1.807, 2.05) is 57.2 Å². The first kappa shape index (κ1) is 25.2. The van der Waals surface area contributed by atoms with Crippen LogP contribution >= 0.6 is 0 Å². The number of alkyl carbamates (subject to hydrolysis) is 1. The van der Waals surface area contributed by atoms with Gasteiger partial charge in [0.2, 0.25) is 5.91 Å². The molecule has 8 heteroatoms. The summed E-state index contributed by atoms with van der Waals surface area (Å²) in [4.78, 5) is 36.5. The van der Waals surface area contributed by atoms with Crippen molar-refractivity contribution in [3.8, 4) is 11.1 Å². The van der Waals surface area contributed by atoms with Crippen LogP contribution in [-0.2, 0) is 19.1 Å². The van der Waals surface area contributed by atoms with Gasteiger partial charge in [0.1, 0.15) is 12.6 Å². The predicted octanol–water partition coefficient (Wildman–Crippen LogP) is 3.55. The van der Waals surface area contributed by atoms with Gasteiger partial charge in [0.05, 0.1) is 12.5 Å². The Labute approximate surface area is 199 Å². The third-order valence-corrected chi connectivity index (χ3v) is 5.97. The van der Waals surface area contributed by atoms with Crippen LogP contribution < -0.4 is 10.6 Å². The summed E-state index contributed by atoms with van der Waals surface area (Å²) in [6.45, 7) is 5.63. The van der Waals surface area contributed by atoms with Crippen LogP contribution in [0.25, 0.3) is 11.1 Å². The Balaban J connectivity index is 1.64. The van der Waals surface area contributed by atoms with Crippen LogP contribution in [0.1, 0.15) is 44.2 Å². The summed E-state index contributed by atoms with van der Waals surface area (Å²) in [5, 5.41) is 14.3. The number of carbonyl (C=O) groups excluding carboxylic acids is 2. The average molecular weight is 469 g/mol. The lowest BCUT2D eigenvalue weighted by Crippen LogP contribution is -2.54. The third kappa shape index (κ3) is 5.94. The molecule has 0 radical (unpaired) electrons. The molecule has 0 fully saturated rings. The van der Waals surface area contributed by atoms with E-state index in [1.54, 1.807) is 0 Å². The van der Waals surface area contributed by atoms with Crippen LogP contribution in [0.2, 0.25) is 0 Å². The second kappa shape index (κ2) is 10.7. The third-order valence-electron chi connectivity index (χ3n) is 5.97. The Morgan fingerprint density at radius 3 is 2.06 bits per heavy atom. The number of rotatable bonds is 9. The molecule has 8 nitrogen and oxygen atoms in total. The largest absolute Gasteiger partial charge is 0.481 e. The maximum atomic E-state index is 12.8. The van der Waals surface area contributed by atoms with Gasteiger partial charge in [0.25, 0.3) is 0 Å². The van der Waals surface area contributed by atoms with Gasteiger partial charge in [-0.1, -0.05) is 69.3 Å². The zero-order chi connectivity index (χ0) is 24.9. The number of hydrogen-bond acceptors (Lipinski definition) is 5. The minimum absolute atomic E-state index is 0.0145. The van der Waals surface area contributed by atoms with Gasteiger partial charge in [0.15, 0.2) is 0 Å². The Bertz CT molecular complexity index is 1000. The van der Waals surface area contributed by atoms with E-state index in [-0.39, 0.29) is 25.5 Å². The van der Waals surface area contributed by atoms with Crippen LogP contribution in [0, 0.1) is 5.41 Å². The van der Waals surface area contributed by atoms with Gasteiger partial charge >= 0.3 is 12.1 Å². The molecular formula is C26H32N2O6. The van der Waals surface area contributed by atoms with Crippen LogP contribution in [0.3, 0.4) is 0 Å². The number of hydrogen-bond donors (Lipinski definition) is 3. The van der Waals surface area contributed by atoms with Crippen molar-refractivity contribution in [3.63, 3.8) is 0 Å². The number of benzene rings is 2.